The van der Waals surface area contributed by atoms with Crippen molar-refractivity contribution >= 4 is 10.9 Å². The predicted molar refractivity (Wildman–Crippen MR) is 166 cm³/mol. The van der Waals surface area contributed by atoms with Crippen LogP contribution in [-0.2, 0) is 25.7 Å². The summed E-state index contributed by atoms with van der Waals surface area (Å²) in [6.45, 7) is 4.30. The van der Waals surface area contributed by atoms with E-state index < -0.39 is 5.60 Å². The number of nitrogens with zero attached hydrogens (tertiary/aromatic N) is 2. The van der Waals surface area contributed by atoms with Gasteiger partial charge >= 0.3 is 0 Å². The molecular formula is C37H42N2O2. The van der Waals surface area contributed by atoms with Crippen LogP contribution in [0, 0.1) is 11.8 Å². The number of para-hydroxylation sites is 1. The molecule has 2 aliphatic carbocycles. The van der Waals surface area contributed by atoms with Crippen LogP contribution in [0.4, 0.5) is 0 Å². The fraction of sp³-hybridized carbons (Fsp3) is 0.432. The maximum Gasteiger partial charge on any atom is 0.118 e. The van der Waals surface area contributed by atoms with Gasteiger partial charge in [-0.1, -0.05) is 74.0 Å². The highest BCUT2D eigenvalue weighted by atomic mass is 16.3. The Labute approximate surface area is 244 Å². The number of rotatable bonds is 8. The number of phenolic OH excluding ortho intramolecular Hbond substituents is 1. The molecule has 0 bridgehead atoms. The Morgan fingerprint density at radius 1 is 0.976 bits per heavy atom. The van der Waals surface area contributed by atoms with Crippen molar-refractivity contribution < 1.29 is 10.2 Å². The standard InChI is InChI=1S/C37H42N2O2/c1-2-3-9-28-20-26(16-17-34(28)40)21-35-37(41)23-31-33(22-29(37)18-19-39(35)24-25-14-15-25)38-32-13-8-7-12-30(32)36(31)27-10-5-4-6-11-27/h4-8,10-13,16-17,20,25,29,35,40-41H,2-3,9,14-15,18-19,21-24H2,1H3. The number of phenols is 1. The molecule has 0 spiro atoms. The van der Waals surface area contributed by atoms with Crippen LogP contribution in [0.1, 0.15) is 61.4 Å². The number of pyridine rings is 1. The van der Waals surface area contributed by atoms with Gasteiger partial charge in [0.15, 0.2) is 0 Å². The Kier molecular flexibility index (Phi) is 7.08. The molecule has 3 aromatic carbocycles. The smallest absolute Gasteiger partial charge is 0.118 e. The summed E-state index contributed by atoms with van der Waals surface area (Å²) in [5, 5.41) is 24.7. The fourth-order valence-corrected chi connectivity index (χ4v) is 7.68. The van der Waals surface area contributed by atoms with Gasteiger partial charge < -0.3 is 10.2 Å². The molecule has 0 amide bonds. The van der Waals surface area contributed by atoms with Gasteiger partial charge in [-0.3, -0.25) is 9.88 Å². The van der Waals surface area contributed by atoms with E-state index in [1.807, 2.05) is 6.07 Å². The van der Waals surface area contributed by atoms with Crippen molar-refractivity contribution in [2.75, 3.05) is 13.1 Å². The Bertz CT molecular complexity index is 1550. The van der Waals surface area contributed by atoms with Crippen molar-refractivity contribution in [3.63, 3.8) is 0 Å². The average molecular weight is 547 g/mol. The molecule has 3 unspecified atom stereocenters. The van der Waals surface area contributed by atoms with E-state index in [1.165, 1.54) is 40.5 Å². The van der Waals surface area contributed by atoms with E-state index >= 15 is 0 Å². The van der Waals surface area contributed by atoms with Gasteiger partial charge in [0.05, 0.1) is 11.1 Å². The van der Waals surface area contributed by atoms with Crippen LogP contribution in [0.15, 0.2) is 72.8 Å². The van der Waals surface area contributed by atoms with Gasteiger partial charge in [-0.25, -0.2) is 0 Å². The Morgan fingerprint density at radius 2 is 1.78 bits per heavy atom. The minimum Gasteiger partial charge on any atom is -0.508 e. The molecule has 0 radical (unpaired) electrons. The lowest BCUT2D eigenvalue weighted by molar-refractivity contribution is -0.126. The number of unbranched alkanes of at least 4 members (excludes halogenated alkanes) is 1. The molecule has 3 atom stereocenters. The molecule has 1 saturated carbocycles. The first kappa shape index (κ1) is 26.7. The van der Waals surface area contributed by atoms with Crippen molar-refractivity contribution in [2.45, 2.75) is 76.4 Å². The lowest BCUT2D eigenvalue weighted by atomic mass is 9.64. The normalized spacial score (nSPS) is 24.2. The molecule has 1 aliphatic heterocycles. The van der Waals surface area contributed by atoms with Crippen molar-refractivity contribution in [1.82, 2.24) is 9.88 Å². The van der Waals surface area contributed by atoms with Gasteiger partial charge in [-0.2, -0.15) is 0 Å². The average Bonchev–Trinajstić information content (AvgIpc) is 3.81. The number of likely N-dealkylation sites (tertiary alicyclic amines) is 1. The fourth-order valence-electron chi connectivity index (χ4n) is 7.68. The first-order valence-corrected chi connectivity index (χ1v) is 15.8. The molecule has 212 valence electrons. The maximum absolute atomic E-state index is 13.0. The lowest BCUT2D eigenvalue weighted by Crippen LogP contribution is -2.65. The SMILES string of the molecule is CCCCc1cc(CC2N(CC3CC3)CCC3Cc4nc5ccccc5c(-c5ccccc5)c4CC32O)ccc1O. The van der Waals surface area contributed by atoms with E-state index in [0.29, 0.717) is 12.2 Å². The highest BCUT2D eigenvalue weighted by Crippen LogP contribution is 2.48. The Hall–Kier alpha value is -3.21. The van der Waals surface area contributed by atoms with Gasteiger partial charge in [0, 0.05) is 30.1 Å². The molecule has 1 aromatic heterocycles. The molecule has 4 aromatic rings. The van der Waals surface area contributed by atoms with Gasteiger partial charge in [0.25, 0.3) is 0 Å². The highest BCUT2D eigenvalue weighted by molar-refractivity contribution is 5.96. The van der Waals surface area contributed by atoms with Gasteiger partial charge in [-0.05, 0) is 103 Å². The van der Waals surface area contributed by atoms with E-state index in [2.05, 4.69) is 78.6 Å². The third-order valence-electron chi connectivity index (χ3n) is 10.1. The molecule has 4 nitrogen and oxygen atoms in total. The van der Waals surface area contributed by atoms with Crippen LogP contribution in [-0.4, -0.2) is 44.8 Å². The van der Waals surface area contributed by atoms with Crippen molar-refractivity contribution in [3.05, 3.63) is 95.2 Å². The van der Waals surface area contributed by atoms with Crippen molar-refractivity contribution in [2.24, 2.45) is 11.8 Å². The summed E-state index contributed by atoms with van der Waals surface area (Å²) < 4.78 is 0. The second kappa shape index (κ2) is 10.9. The molecule has 3 aliphatic rings. The minimum absolute atomic E-state index is 0.0358. The molecule has 2 fully saturated rings. The zero-order valence-electron chi connectivity index (χ0n) is 24.2. The molecular weight excluding hydrogens is 504 g/mol. The van der Waals surface area contributed by atoms with Crippen LogP contribution in [0.2, 0.25) is 0 Å². The molecule has 2 heterocycles. The zero-order chi connectivity index (χ0) is 28.0. The molecule has 2 N–H and O–H groups in total. The van der Waals surface area contributed by atoms with Crippen LogP contribution >= 0.6 is 0 Å². The van der Waals surface area contributed by atoms with Crippen LogP contribution < -0.4 is 0 Å². The summed E-state index contributed by atoms with van der Waals surface area (Å²) in [6, 6.07) is 25.4. The lowest BCUT2D eigenvalue weighted by Gasteiger charge is -2.54. The minimum atomic E-state index is -0.838. The van der Waals surface area contributed by atoms with Crippen molar-refractivity contribution in [1.29, 1.82) is 0 Å². The largest absolute Gasteiger partial charge is 0.508 e. The number of hydrogen-bond donors (Lipinski definition) is 2. The molecule has 1 saturated heterocycles. The second-order valence-corrected chi connectivity index (χ2v) is 12.9. The summed E-state index contributed by atoms with van der Waals surface area (Å²) >= 11 is 0. The monoisotopic (exact) mass is 546 g/mol. The van der Waals surface area contributed by atoms with E-state index in [-0.39, 0.29) is 12.0 Å². The number of aromatic nitrogens is 1. The number of aromatic hydroxyl groups is 1. The third-order valence-corrected chi connectivity index (χ3v) is 10.1. The Balaban J connectivity index is 1.32. The van der Waals surface area contributed by atoms with Gasteiger partial charge in [-0.15, -0.1) is 0 Å². The number of aliphatic hydroxyl groups is 1. The Morgan fingerprint density at radius 3 is 2.59 bits per heavy atom. The maximum atomic E-state index is 13.0. The van der Waals surface area contributed by atoms with Crippen molar-refractivity contribution in [3.8, 4) is 16.9 Å². The zero-order valence-corrected chi connectivity index (χ0v) is 24.2. The molecule has 7 rings (SSSR count). The first-order chi connectivity index (χ1) is 20.0. The van der Waals surface area contributed by atoms with E-state index in [9.17, 15) is 10.2 Å². The number of aryl methyl sites for hydroxylation is 1. The summed E-state index contributed by atoms with van der Waals surface area (Å²) in [4.78, 5) is 7.83. The first-order valence-electron chi connectivity index (χ1n) is 15.8. The third kappa shape index (κ3) is 5.06. The number of hydrogen-bond acceptors (Lipinski definition) is 4. The summed E-state index contributed by atoms with van der Waals surface area (Å²) in [6.07, 6.45) is 8.94. The summed E-state index contributed by atoms with van der Waals surface area (Å²) in [7, 11) is 0. The van der Waals surface area contributed by atoms with E-state index in [1.54, 1.807) is 0 Å². The van der Waals surface area contributed by atoms with Crippen LogP contribution in [0.5, 0.6) is 5.75 Å². The van der Waals surface area contributed by atoms with Gasteiger partial charge in [0.1, 0.15) is 5.75 Å². The highest BCUT2D eigenvalue weighted by Gasteiger charge is 2.53. The quantitative estimate of drug-likeness (QED) is 0.247. The molecule has 41 heavy (non-hydrogen) atoms. The number of piperidine rings is 1. The van der Waals surface area contributed by atoms with E-state index in [4.69, 9.17) is 4.98 Å². The predicted octanol–water partition coefficient (Wildman–Crippen LogP) is 7.12. The van der Waals surface area contributed by atoms with E-state index in [0.717, 1.165) is 74.3 Å². The van der Waals surface area contributed by atoms with Crippen LogP contribution in [0.3, 0.4) is 0 Å². The molecule has 4 heteroatoms. The number of benzene rings is 3. The second-order valence-electron chi connectivity index (χ2n) is 12.9. The van der Waals surface area contributed by atoms with Crippen LogP contribution in [0.25, 0.3) is 22.0 Å². The topological polar surface area (TPSA) is 56.6 Å². The summed E-state index contributed by atoms with van der Waals surface area (Å²) in [5.41, 5.74) is 7.29. The summed E-state index contributed by atoms with van der Waals surface area (Å²) in [5.74, 6) is 1.35. The number of fused-ring (bicyclic) bond motifs is 3. The van der Waals surface area contributed by atoms with Gasteiger partial charge in [0.2, 0.25) is 0 Å².